The number of aromatic nitrogens is 3. The molecule has 0 bridgehead atoms. The minimum absolute atomic E-state index is 0.0158. The first kappa shape index (κ1) is 94.9. The summed E-state index contributed by atoms with van der Waals surface area (Å²) >= 11 is 0. The summed E-state index contributed by atoms with van der Waals surface area (Å²) < 4.78 is 74.1. The summed E-state index contributed by atoms with van der Waals surface area (Å²) in [5, 5.41) is 21.0. The van der Waals surface area contributed by atoms with Crippen LogP contribution in [0.3, 0.4) is 0 Å². The fourth-order valence-corrected chi connectivity index (χ4v) is 24.1. The highest BCUT2D eigenvalue weighted by Gasteiger charge is 2.59. The van der Waals surface area contributed by atoms with E-state index in [1.165, 1.54) is 78.7 Å². The van der Waals surface area contributed by atoms with Crippen molar-refractivity contribution in [3.8, 4) is 0 Å². The van der Waals surface area contributed by atoms with Crippen molar-refractivity contribution in [3.63, 3.8) is 0 Å². The Hall–Kier alpha value is -9.91. The smallest absolute Gasteiger partial charge is 0.352 e. The molecule has 8 aromatic rings. The lowest BCUT2D eigenvalue weighted by molar-refractivity contribution is -0.191. The molecule has 6 aliphatic rings. The SMILES string of the molecule is C[C@@H]1[C@H](NC(=O)c2cccnc2)CC2C(C)(C)CCC[C@]2(C)[C@H]1CN.C[C@@H]1[C@H](NC(=O)c2cccnc2)CC2C(C)(C)CCC[C@]2(C)[C@H]1CN=[N+]=[N-].C[C@@H]1[C@H](NC(=O)c2cccnc2)CC2C(C)(C)CCC[C@]2(C)[C@H]1CNC(=O)c1ccc(C(F)(F)F)cc1.FC(F)(F)c1ccccc1.O=C=O.c1ccc(P(c2ccccc2)c2ccccc2)cc1. The quantitative estimate of drug-likeness (QED) is 0.0213. The lowest BCUT2D eigenvalue weighted by Gasteiger charge is -2.61. The van der Waals surface area contributed by atoms with Gasteiger partial charge in [0.15, 0.2) is 0 Å². The van der Waals surface area contributed by atoms with Crippen LogP contribution in [0.5, 0.6) is 0 Å². The second-order valence-electron chi connectivity index (χ2n) is 36.5. The number of halogens is 6. The van der Waals surface area contributed by atoms with Crippen molar-refractivity contribution >= 4 is 53.6 Å². The first-order valence-corrected chi connectivity index (χ1v) is 43.6. The zero-order valence-electron chi connectivity index (χ0n) is 71.7. The maximum absolute atomic E-state index is 13.0. The van der Waals surface area contributed by atoms with Crippen LogP contribution < -0.4 is 42.9 Å². The van der Waals surface area contributed by atoms with E-state index in [1.807, 2.05) is 12.1 Å². The fourth-order valence-electron chi connectivity index (χ4n) is 21.8. The van der Waals surface area contributed by atoms with E-state index in [1.54, 1.807) is 67.5 Å². The summed E-state index contributed by atoms with van der Waals surface area (Å²) in [6.07, 6.45) is 14.9. The van der Waals surface area contributed by atoms with Gasteiger partial charge in [0.2, 0.25) is 0 Å². The summed E-state index contributed by atoms with van der Waals surface area (Å²) in [5.41, 5.74) is 16.7. The largest absolute Gasteiger partial charge is 0.416 e. The van der Waals surface area contributed by atoms with Crippen molar-refractivity contribution in [3.05, 3.63) is 263 Å². The Morgan fingerprint density at radius 2 is 0.760 bits per heavy atom. The van der Waals surface area contributed by atoms with E-state index in [0.717, 1.165) is 62.8 Å². The molecular weight excluding hydrogens is 1560 g/mol. The summed E-state index contributed by atoms with van der Waals surface area (Å²) in [7, 11) is -0.446. The van der Waals surface area contributed by atoms with E-state index >= 15 is 0 Å². The fraction of sp³-hybridized carbons (Fsp3) is 0.485. The number of fused-ring (bicyclic) bond motifs is 3. The Balaban J connectivity index is 0.000000178. The lowest BCUT2D eigenvalue weighted by atomic mass is 9.45. The number of alkyl halides is 6. The van der Waals surface area contributed by atoms with Gasteiger partial charge in [0, 0.05) is 78.9 Å². The van der Waals surface area contributed by atoms with Crippen molar-refractivity contribution in [2.45, 2.75) is 191 Å². The van der Waals surface area contributed by atoms with Crippen LogP contribution in [0.4, 0.5) is 26.3 Å². The molecule has 15 atom stereocenters. The number of hydrogen-bond donors (Lipinski definition) is 5. The van der Waals surface area contributed by atoms with Crippen molar-refractivity contribution in [1.82, 2.24) is 36.2 Å². The van der Waals surface area contributed by atoms with Crippen LogP contribution in [0, 0.1) is 85.8 Å². The molecule has 0 aliphatic heterocycles. The van der Waals surface area contributed by atoms with E-state index in [4.69, 9.17) is 20.9 Å². The number of carbonyl (C=O) groups excluding carboxylic acids is 6. The third kappa shape index (κ3) is 23.7. The molecule has 3 heterocycles. The number of carbonyl (C=O) groups is 4. The molecule has 14 rings (SSSR count). The van der Waals surface area contributed by atoms with Gasteiger partial charge in [-0.15, -0.1) is 0 Å². The first-order valence-electron chi connectivity index (χ1n) is 42.2. The molecule has 24 heteroatoms. The number of pyridine rings is 3. The van der Waals surface area contributed by atoms with Crippen molar-refractivity contribution in [2.24, 2.45) is 96.6 Å². The normalized spacial score (nSPS) is 27.0. The van der Waals surface area contributed by atoms with Gasteiger partial charge in [-0.2, -0.15) is 35.9 Å². The van der Waals surface area contributed by atoms with Crippen molar-refractivity contribution < 1.29 is 55.1 Å². The lowest BCUT2D eigenvalue weighted by Crippen LogP contribution is -2.60. The Morgan fingerprint density at radius 1 is 0.446 bits per heavy atom. The van der Waals surface area contributed by atoms with E-state index in [-0.39, 0.29) is 98.3 Å². The first-order chi connectivity index (χ1) is 57.4. The van der Waals surface area contributed by atoms with Crippen LogP contribution in [-0.2, 0) is 21.9 Å². The highest BCUT2D eigenvalue weighted by Crippen LogP contribution is 2.64. The molecule has 3 unspecified atom stereocenters. The summed E-state index contributed by atoms with van der Waals surface area (Å²) in [4.78, 5) is 82.8. The maximum Gasteiger partial charge on any atom is 0.416 e. The topological polar surface area (TPSA) is 264 Å². The standard InChI is InChI=1S/C29H36F3N3O2.C21H31N5O.C21H33N3O.C18H15P.C7H5F3.CO2/c1-18-22(17-34-25(36)19-8-10-21(11-9-19)29(30,31)32)28(4)13-6-12-27(2,3)24(28)15-23(18)35-26(37)20-7-5-14-33-16-20;1-14-16(13-24-26-22)21(4)9-6-8-20(2,3)18(21)11-17(14)25-19(27)15-7-5-10-23-12-15;1-14-16(12-22)21(4)9-6-8-20(2,3)18(21)11-17(14)24-19(25)15-7-5-10-23-13-15;1-4-10-16(11-5-1)19(17-12-6-2-7-13-17)18-14-8-3-9-15-18;8-7(9,10)6-4-2-1-3-5-6;2-1-3/h5,7-11,14,16,18,22-24H,6,12-13,15,17H2,1-4H3,(H,34,36)(H,35,37);5,7,10,12,14,16-18H,6,8-9,11,13H2,1-4H3,(H,25,27);5,7,10,13-14,16-18H,6,8-9,11-12,22H2,1-4H3,(H,24,25);1-15H;1-5H;/t18-,22-,23+,24?,28+;2*14-,16-,17+,18?,21+;;;/m000.../s1. The zero-order valence-corrected chi connectivity index (χ0v) is 72.6. The molecule has 6 aliphatic carbocycles. The number of nitrogens with zero attached hydrogens (tertiary/aromatic N) is 6. The molecule has 0 spiro atoms. The minimum atomic E-state index is -4.45. The van der Waals surface area contributed by atoms with Gasteiger partial charge in [0.25, 0.3) is 23.6 Å². The zero-order chi connectivity index (χ0) is 88.1. The summed E-state index contributed by atoms with van der Waals surface area (Å²) in [5.74, 6) is 2.34. The van der Waals surface area contributed by atoms with Gasteiger partial charge >= 0.3 is 18.5 Å². The molecule has 6 saturated carbocycles. The van der Waals surface area contributed by atoms with E-state index < -0.39 is 37.3 Å². The van der Waals surface area contributed by atoms with Crippen LogP contribution in [0.2, 0.25) is 0 Å². The average molecular weight is 1680 g/mol. The van der Waals surface area contributed by atoms with Crippen LogP contribution in [-0.4, -0.2) is 82.5 Å². The molecule has 6 N–H and O–H groups in total. The number of nitrogens with two attached hydrogens (primary N) is 1. The third-order valence-electron chi connectivity index (χ3n) is 28.1. The van der Waals surface area contributed by atoms with Gasteiger partial charge in [-0.25, -0.2) is 0 Å². The van der Waals surface area contributed by atoms with Gasteiger partial charge in [-0.1, -0.05) is 229 Å². The molecule has 0 saturated heterocycles. The van der Waals surface area contributed by atoms with Crippen LogP contribution in [0.15, 0.2) is 224 Å². The third-order valence-corrected chi connectivity index (χ3v) is 30.5. The number of azide groups is 1. The van der Waals surface area contributed by atoms with E-state index in [2.05, 4.69) is 220 Å². The number of benzene rings is 5. The van der Waals surface area contributed by atoms with Crippen molar-refractivity contribution in [1.29, 1.82) is 0 Å². The highest BCUT2D eigenvalue weighted by molar-refractivity contribution is 7.79. The van der Waals surface area contributed by atoms with E-state index in [0.29, 0.717) is 71.3 Å². The molecule has 4 amide bonds. The minimum Gasteiger partial charge on any atom is -0.352 e. The molecular formula is C97H120F6N11O6P. The Labute approximate surface area is 711 Å². The summed E-state index contributed by atoms with van der Waals surface area (Å²) in [6, 6.07) is 53.9. The second kappa shape index (κ2) is 41.8. The van der Waals surface area contributed by atoms with Gasteiger partial charge in [-0.05, 0) is 240 Å². The van der Waals surface area contributed by atoms with Crippen molar-refractivity contribution in [2.75, 3.05) is 19.6 Å². The second-order valence-corrected chi connectivity index (χ2v) is 38.7. The van der Waals surface area contributed by atoms with E-state index in [9.17, 15) is 45.5 Å². The van der Waals surface area contributed by atoms with Gasteiger partial charge in [0.1, 0.15) is 0 Å². The molecule has 646 valence electrons. The van der Waals surface area contributed by atoms with Gasteiger partial charge in [-0.3, -0.25) is 34.1 Å². The van der Waals surface area contributed by atoms with Gasteiger partial charge in [0.05, 0.1) is 27.8 Å². The Kier molecular flexibility index (Phi) is 32.8. The molecule has 0 radical (unpaired) electrons. The maximum atomic E-state index is 13.0. The predicted molar refractivity (Wildman–Crippen MR) is 464 cm³/mol. The number of amides is 4. The average Bonchev–Trinajstić information content (AvgIpc) is 0.740. The molecule has 3 aromatic heterocycles. The monoisotopic (exact) mass is 1680 g/mol. The Bertz CT molecular complexity index is 4610. The highest BCUT2D eigenvalue weighted by atomic mass is 31.1. The molecule has 5 aromatic carbocycles. The van der Waals surface area contributed by atoms with Crippen LogP contribution in [0.1, 0.15) is 213 Å². The van der Waals surface area contributed by atoms with Gasteiger partial charge < -0.3 is 27.0 Å². The van der Waals surface area contributed by atoms with Crippen LogP contribution >= 0.6 is 7.92 Å². The Morgan fingerprint density at radius 3 is 1.07 bits per heavy atom. The molecule has 17 nitrogen and oxygen atoms in total. The molecule has 6 fully saturated rings. The number of nitrogens with one attached hydrogen (secondary N) is 4. The molecule has 121 heavy (non-hydrogen) atoms. The number of rotatable bonds is 15. The van der Waals surface area contributed by atoms with Crippen LogP contribution in [0.25, 0.3) is 10.4 Å². The summed E-state index contributed by atoms with van der Waals surface area (Å²) in [6.45, 7) is 29.4. The predicted octanol–water partition coefficient (Wildman–Crippen LogP) is 20.3. The number of hydrogen-bond acceptors (Lipinski definition) is 11.